The summed E-state index contributed by atoms with van der Waals surface area (Å²) in [6.07, 6.45) is -4.35. The molecule has 1 aromatic rings. The first-order valence-electron chi connectivity index (χ1n) is 5.77. The number of hydrogen-bond donors (Lipinski definition) is 2. The van der Waals surface area contributed by atoms with Crippen LogP contribution in [0.3, 0.4) is 0 Å². The molecule has 0 radical (unpaired) electrons. The number of rotatable bonds is 2. The largest absolute Gasteiger partial charge is 0.481 e. The van der Waals surface area contributed by atoms with E-state index in [0.717, 1.165) is 12.1 Å². The summed E-state index contributed by atoms with van der Waals surface area (Å²) >= 11 is 0. The molecule has 0 spiro atoms. The second-order valence-electron chi connectivity index (χ2n) is 5.00. The van der Waals surface area contributed by atoms with Gasteiger partial charge < -0.3 is 10.2 Å². The van der Waals surface area contributed by atoms with Gasteiger partial charge in [-0.05, 0) is 43.0 Å². The number of hydrogen-bond acceptors (Lipinski definition) is 2. The van der Waals surface area contributed by atoms with E-state index in [0.29, 0.717) is 11.1 Å². The van der Waals surface area contributed by atoms with Gasteiger partial charge in [-0.15, -0.1) is 0 Å². The second kappa shape index (κ2) is 4.23. The standard InChI is InChI=1S/C13H13F3O3/c1-7-4-9(13(14,15)16)2-3-10(7)12(19)5-8(6-12)11(17)18/h2-4,8,19H,5-6H2,1H3,(H,17,18). The Balaban J connectivity index is 2.26. The Morgan fingerprint density at radius 3 is 2.37 bits per heavy atom. The second-order valence-corrected chi connectivity index (χ2v) is 5.00. The van der Waals surface area contributed by atoms with Crippen molar-refractivity contribution in [2.24, 2.45) is 5.92 Å². The van der Waals surface area contributed by atoms with Crippen molar-refractivity contribution in [2.45, 2.75) is 31.5 Å². The average Bonchev–Trinajstić information content (AvgIpc) is 2.23. The number of aliphatic hydroxyl groups is 1. The quantitative estimate of drug-likeness (QED) is 0.871. The van der Waals surface area contributed by atoms with Crippen molar-refractivity contribution >= 4 is 5.97 Å². The summed E-state index contributed by atoms with van der Waals surface area (Å²) in [6, 6.07) is 3.12. The van der Waals surface area contributed by atoms with Crippen LogP contribution < -0.4 is 0 Å². The zero-order valence-corrected chi connectivity index (χ0v) is 10.2. The molecule has 0 amide bonds. The molecule has 2 N–H and O–H groups in total. The number of carboxylic acids is 1. The van der Waals surface area contributed by atoms with Gasteiger partial charge in [0.15, 0.2) is 0 Å². The molecule has 1 aliphatic carbocycles. The molecule has 3 nitrogen and oxygen atoms in total. The van der Waals surface area contributed by atoms with Gasteiger partial charge in [0.05, 0.1) is 17.1 Å². The Morgan fingerprint density at radius 2 is 1.95 bits per heavy atom. The predicted octanol–water partition coefficient (Wildman–Crippen LogP) is 2.70. The lowest BCUT2D eigenvalue weighted by Crippen LogP contribution is -2.45. The van der Waals surface area contributed by atoms with Crippen LogP contribution in [0.1, 0.15) is 29.5 Å². The molecule has 1 aliphatic rings. The number of aryl methyl sites for hydroxylation is 1. The average molecular weight is 274 g/mol. The van der Waals surface area contributed by atoms with Gasteiger partial charge in [0.25, 0.3) is 0 Å². The Kier molecular flexibility index (Phi) is 3.09. The van der Waals surface area contributed by atoms with E-state index in [1.807, 2.05) is 0 Å². The highest BCUT2D eigenvalue weighted by molar-refractivity contribution is 5.72. The first kappa shape index (κ1) is 13.9. The Morgan fingerprint density at radius 1 is 1.37 bits per heavy atom. The van der Waals surface area contributed by atoms with Crippen LogP contribution in [0.5, 0.6) is 0 Å². The molecule has 2 rings (SSSR count). The number of carbonyl (C=O) groups is 1. The minimum Gasteiger partial charge on any atom is -0.481 e. The predicted molar refractivity (Wildman–Crippen MR) is 60.4 cm³/mol. The third kappa shape index (κ3) is 2.45. The minimum atomic E-state index is -4.42. The van der Waals surface area contributed by atoms with Crippen molar-refractivity contribution in [3.63, 3.8) is 0 Å². The van der Waals surface area contributed by atoms with E-state index in [1.165, 1.54) is 13.0 Å². The Hall–Kier alpha value is -1.56. The van der Waals surface area contributed by atoms with Gasteiger partial charge in [0.1, 0.15) is 0 Å². The van der Waals surface area contributed by atoms with Crippen LogP contribution in [0.25, 0.3) is 0 Å². The Bertz CT molecular complexity index is 516. The number of alkyl halides is 3. The smallest absolute Gasteiger partial charge is 0.416 e. The van der Waals surface area contributed by atoms with Crippen LogP contribution in [0.4, 0.5) is 13.2 Å². The molecule has 0 atom stereocenters. The van der Waals surface area contributed by atoms with E-state index in [2.05, 4.69) is 0 Å². The van der Waals surface area contributed by atoms with E-state index in [-0.39, 0.29) is 12.8 Å². The maximum Gasteiger partial charge on any atom is 0.416 e. The van der Waals surface area contributed by atoms with Crippen molar-refractivity contribution in [3.8, 4) is 0 Å². The molecule has 0 aliphatic heterocycles. The fraction of sp³-hybridized carbons (Fsp3) is 0.462. The normalized spacial score (nSPS) is 26.9. The van der Waals surface area contributed by atoms with Crippen molar-refractivity contribution in [2.75, 3.05) is 0 Å². The van der Waals surface area contributed by atoms with Crippen LogP contribution in [-0.2, 0) is 16.6 Å². The molecule has 1 aromatic carbocycles. The summed E-state index contributed by atoms with van der Waals surface area (Å²) in [7, 11) is 0. The Labute approximate surface area is 107 Å². The summed E-state index contributed by atoms with van der Waals surface area (Å²) in [5.74, 6) is -1.62. The summed E-state index contributed by atoms with van der Waals surface area (Å²) < 4.78 is 37.6. The zero-order valence-electron chi connectivity index (χ0n) is 10.2. The van der Waals surface area contributed by atoms with E-state index in [1.54, 1.807) is 0 Å². The third-order valence-electron chi connectivity index (χ3n) is 3.57. The van der Waals surface area contributed by atoms with E-state index < -0.39 is 29.2 Å². The van der Waals surface area contributed by atoms with Crippen LogP contribution in [0.2, 0.25) is 0 Å². The number of aliphatic carboxylic acids is 1. The number of benzene rings is 1. The summed E-state index contributed by atoms with van der Waals surface area (Å²) in [5.41, 5.74) is -1.40. The van der Waals surface area contributed by atoms with Gasteiger partial charge in [0.2, 0.25) is 0 Å². The topological polar surface area (TPSA) is 57.5 Å². The lowest BCUT2D eigenvalue weighted by Gasteiger charge is -2.42. The summed E-state index contributed by atoms with van der Waals surface area (Å²) in [5, 5.41) is 19.0. The molecule has 1 saturated carbocycles. The van der Waals surface area contributed by atoms with Crippen LogP contribution in [0.15, 0.2) is 18.2 Å². The van der Waals surface area contributed by atoms with Gasteiger partial charge in [-0.1, -0.05) is 6.07 Å². The lowest BCUT2D eigenvalue weighted by molar-refractivity contribution is -0.159. The monoisotopic (exact) mass is 274 g/mol. The SMILES string of the molecule is Cc1cc(C(F)(F)F)ccc1C1(O)CC(C(=O)O)C1. The molecule has 6 heteroatoms. The van der Waals surface area contributed by atoms with E-state index >= 15 is 0 Å². The number of halogens is 3. The lowest BCUT2D eigenvalue weighted by atomic mass is 9.66. The molecule has 0 aromatic heterocycles. The molecule has 19 heavy (non-hydrogen) atoms. The molecular formula is C13H13F3O3. The van der Waals surface area contributed by atoms with Crippen molar-refractivity contribution in [1.82, 2.24) is 0 Å². The van der Waals surface area contributed by atoms with Gasteiger partial charge >= 0.3 is 12.1 Å². The van der Waals surface area contributed by atoms with Crippen LogP contribution >= 0.6 is 0 Å². The molecule has 0 unspecified atom stereocenters. The van der Waals surface area contributed by atoms with E-state index in [9.17, 15) is 23.1 Å². The van der Waals surface area contributed by atoms with Crippen molar-refractivity contribution in [1.29, 1.82) is 0 Å². The van der Waals surface area contributed by atoms with E-state index in [4.69, 9.17) is 5.11 Å². The zero-order chi connectivity index (χ0) is 14.4. The maximum absolute atomic E-state index is 12.5. The van der Waals surface area contributed by atoms with Crippen molar-refractivity contribution in [3.05, 3.63) is 34.9 Å². The fourth-order valence-corrected chi connectivity index (χ4v) is 2.51. The van der Waals surface area contributed by atoms with Gasteiger partial charge in [-0.25, -0.2) is 0 Å². The molecule has 1 fully saturated rings. The van der Waals surface area contributed by atoms with Gasteiger partial charge in [-0.2, -0.15) is 13.2 Å². The minimum absolute atomic E-state index is 0.0362. The molecule has 104 valence electrons. The number of carboxylic acid groups (broad SMARTS) is 1. The van der Waals surface area contributed by atoms with Crippen molar-refractivity contribution < 1.29 is 28.2 Å². The first-order chi connectivity index (χ1) is 8.63. The first-order valence-corrected chi connectivity index (χ1v) is 5.77. The molecule has 0 bridgehead atoms. The van der Waals surface area contributed by atoms with Gasteiger partial charge in [-0.3, -0.25) is 4.79 Å². The highest BCUT2D eigenvalue weighted by atomic mass is 19.4. The fourth-order valence-electron chi connectivity index (χ4n) is 2.51. The summed E-state index contributed by atoms with van der Waals surface area (Å²) in [4.78, 5) is 10.7. The van der Waals surface area contributed by atoms with Gasteiger partial charge in [0, 0.05) is 0 Å². The van der Waals surface area contributed by atoms with Crippen LogP contribution in [-0.4, -0.2) is 16.2 Å². The third-order valence-corrected chi connectivity index (χ3v) is 3.57. The molecule has 0 heterocycles. The molecule has 0 saturated heterocycles. The summed E-state index contributed by atoms with van der Waals surface area (Å²) in [6.45, 7) is 1.48. The molecular weight excluding hydrogens is 261 g/mol. The highest BCUT2D eigenvalue weighted by Crippen LogP contribution is 2.47. The van der Waals surface area contributed by atoms with Crippen LogP contribution in [0, 0.1) is 12.8 Å². The maximum atomic E-state index is 12.5. The highest BCUT2D eigenvalue weighted by Gasteiger charge is 2.48.